The van der Waals surface area contributed by atoms with E-state index in [2.05, 4.69) is 22.8 Å². The van der Waals surface area contributed by atoms with E-state index in [1.54, 1.807) is 0 Å². The van der Waals surface area contributed by atoms with Crippen LogP contribution in [0, 0.1) is 5.92 Å². The van der Waals surface area contributed by atoms with Gasteiger partial charge in [0.05, 0.1) is 6.54 Å². The van der Waals surface area contributed by atoms with Crippen LogP contribution in [0.2, 0.25) is 0 Å². The van der Waals surface area contributed by atoms with Gasteiger partial charge in [-0.05, 0) is 69.1 Å². The van der Waals surface area contributed by atoms with E-state index < -0.39 is 0 Å². The zero-order valence-corrected chi connectivity index (χ0v) is 15.2. The summed E-state index contributed by atoms with van der Waals surface area (Å²) in [5.74, 6) is 1.05. The van der Waals surface area contributed by atoms with Crippen molar-refractivity contribution in [2.75, 3.05) is 23.7 Å². The summed E-state index contributed by atoms with van der Waals surface area (Å²) in [5, 5.41) is 0. The van der Waals surface area contributed by atoms with E-state index >= 15 is 0 Å². The minimum absolute atomic E-state index is 0. The van der Waals surface area contributed by atoms with Crippen LogP contribution in [0.25, 0.3) is 0 Å². The largest absolute Gasteiger partial charge is 0.398 e. The lowest BCUT2D eigenvalue weighted by molar-refractivity contribution is -0.132. The average molecular weight is 350 g/mol. The van der Waals surface area contributed by atoms with Crippen molar-refractivity contribution in [1.82, 2.24) is 4.90 Å². The minimum Gasteiger partial charge on any atom is -0.398 e. The highest BCUT2D eigenvalue weighted by molar-refractivity contribution is 5.85. The van der Waals surface area contributed by atoms with E-state index in [-0.39, 0.29) is 12.4 Å². The second-order valence-electron chi connectivity index (χ2n) is 7.48. The van der Waals surface area contributed by atoms with Crippen LogP contribution in [0.1, 0.15) is 44.6 Å². The highest BCUT2D eigenvalue weighted by atomic mass is 35.5. The minimum atomic E-state index is 0. The van der Waals surface area contributed by atoms with E-state index in [0.29, 0.717) is 24.5 Å². The van der Waals surface area contributed by atoms with Crippen LogP contribution < -0.4 is 10.6 Å². The molecule has 4 nitrogen and oxygen atoms in total. The van der Waals surface area contributed by atoms with Gasteiger partial charge in [0.25, 0.3) is 0 Å². The topological polar surface area (TPSA) is 49.6 Å². The number of halogens is 1. The van der Waals surface area contributed by atoms with Gasteiger partial charge < -0.3 is 15.5 Å². The molecule has 1 heterocycles. The summed E-state index contributed by atoms with van der Waals surface area (Å²) in [6, 6.07) is 7.01. The lowest BCUT2D eigenvalue weighted by atomic mass is 10.00. The summed E-state index contributed by atoms with van der Waals surface area (Å²) in [7, 11) is 0. The maximum absolute atomic E-state index is 13.0. The molecule has 3 aliphatic rings. The third kappa shape index (κ3) is 3.34. The van der Waals surface area contributed by atoms with Gasteiger partial charge >= 0.3 is 0 Å². The lowest BCUT2D eigenvalue weighted by Gasteiger charge is -2.35. The summed E-state index contributed by atoms with van der Waals surface area (Å²) >= 11 is 0. The number of hydrogen-bond acceptors (Lipinski definition) is 3. The number of fused-ring (bicyclic) bond motifs is 1. The molecule has 1 atom stereocenters. The molecule has 2 saturated carbocycles. The lowest BCUT2D eigenvalue weighted by Crippen LogP contribution is -2.47. The van der Waals surface area contributed by atoms with Gasteiger partial charge in [0, 0.05) is 30.0 Å². The molecule has 132 valence electrons. The van der Waals surface area contributed by atoms with Crippen LogP contribution in [0.3, 0.4) is 0 Å². The molecule has 0 aromatic heterocycles. The molecule has 2 N–H and O–H groups in total. The Balaban J connectivity index is 0.00000169. The molecule has 2 fully saturated rings. The molecule has 1 aliphatic heterocycles. The van der Waals surface area contributed by atoms with Crippen LogP contribution >= 0.6 is 12.4 Å². The number of carbonyl (C=O) groups excluding carboxylic acids is 1. The van der Waals surface area contributed by atoms with Gasteiger partial charge in [0.1, 0.15) is 0 Å². The highest BCUT2D eigenvalue weighted by Gasteiger charge is 2.42. The van der Waals surface area contributed by atoms with E-state index in [0.717, 1.165) is 31.0 Å². The molecule has 1 amide bonds. The molecule has 2 aliphatic carbocycles. The molecule has 0 radical (unpaired) electrons. The number of rotatable bonds is 5. The fourth-order valence-corrected chi connectivity index (χ4v) is 4.06. The molecule has 0 saturated heterocycles. The van der Waals surface area contributed by atoms with Gasteiger partial charge in [-0.25, -0.2) is 0 Å². The zero-order valence-electron chi connectivity index (χ0n) is 14.4. The summed E-state index contributed by atoms with van der Waals surface area (Å²) in [6.45, 7) is 3.71. The molecule has 5 heteroatoms. The van der Waals surface area contributed by atoms with Crippen molar-refractivity contribution in [2.24, 2.45) is 5.92 Å². The van der Waals surface area contributed by atoms with Gasteiger partial charge in [-0.3, -0.25) is 4.79 Å². The van der Waals surface area contributed by atoms with Crippen LogP contribution in [0.5, 0.6) is 0 Å². The third-order valence-electron chi connectivity index (χ3n) is 5.68. The SMILES string of the molecule is CC(C1CC1)N(C(=O)CN1CCCc2c(N)cccc21)C1CC1.Cl. The molecule has 0 bridgehead atoms. The first-order chi connectivity index (χ1) is 11.1. The van der Waals surface area contributed by atoms with Crippen molar-refractivity contribution in [3.05, 3.63) is 23.8 Å². The summed E-state index contributed by atoms with van der Waals surface area (Å²) in [5.41, 5.74) is 9.38. The van der Waals surface area contributed by atoms with Crippen molar-refractivity contribution in [3.63, 3.8) is 0 Å². The Morgan fingerprint density at radius 3 is 2.75 bits per heavy atom. The Morgan fingerprint density at radius 1 is 1.33 bits per heavy atom. The van der Waals surface area contributed by atoms with Crippen molar-refractivity contribution in [1.29, 1.82) is 0 Å². The smallest absolute Gasteiger partial charge is 0.242 e. The number of carbonyl (C=O) groups is 1. The first-order valence-electron chi connectivity index (χ1n) is 9.08. The maximum atomic E-state index is 13.0. The first kappa shape index (κ1) is 17.4. The molecular formula is C19H28ClN3O. The van der Waals surface area contributed by atoms with E-state index in [1.807, 2.05) is 12.1 Å². The fraction of sp³-hybridized carbons (Fsp3) is 0.632. The highest BCUT2D eigenvalue weighted by Crippen LogP contribution is 2.40. The second-order valence-corrected chi connectivity index (χ2v) is 7.48. The number of nitrogen functional groups attached to an aromatic ring is 1. The fourth-order valence-electron chi connectivity index (χ4n) is 4.06. The van der Waals surface area contributed by atoms with Crippen LogP contribution in [0.4, 0.5) is 11.4 Å². The summed E-state index contributed by atoms with van der Waals surface area (Å²) in [4.78, 5) is 17.5. The van der Waals surface area contributed by atoms with Gasteiger partial charge in [-0.15, -0.1) is 12.4 Å². The number of hydrogen-bond donors (Lipinski definition) is 1. The third-order valence-corrected chi connectivity index (χ3v) is 5.68. The molecule has 24 heavy (non-hydrogen) atoms. The number of anilines is 2. The molecule has 1 aromatic rings. The molecule has 1 unspecified atom stereocenters. The quantitative estimate of drug-likeness (QED) is 0.830. The molecular weight excluding hydrogens is 322 g/mol. The standard InChI is InChI=1S/C19H27N3O.ClH/c1-13(14-7-8-14)22(15-9-10-15)19(23)12-21-11-3-4-16-17(20)5-2-6-18(16)21;/h2,5-6,13-15H,3-4,7-12,20H2,1H3;1H. The van der Waals surface area contributed by atoms with E-state index in [9.17, 15) is 4.79 Å². The molecule has 0 spiro atoms. The Morgan fingerprint density at radius 2 is 2.08 bits per heavy atom. The van der Waals surface area contributed by atoms with Crippen molar-refractivity contribution in [3.8, 4) is 0 Å². The van der Waals surface area contributed by atoms with Crippen molar-refractivity contribution in [2.45, 2.75) is 57.5 Å². The van der Waals surface area contributed by atoms with Gasteiger partial charge in [-0.1, -0.05) is 6.07 Å². The number of nitrogens with two attached hydrogens (primary N) is 1. The Hall–Kier alpha value is -1.42. The molecule has 4 rings (SSSR count). The van der Waals surface area contributed by atoms with Crippen LogP contribution in [-0.4, -0.2) is 36.0 Å². The predicted molar refractivity (Wildman–Crippen MR) is 101 cm³/mol. The molecule has 1 aromatic carbocycles. The Kier molecular flexibility index (Phi) is 4.95. The first-order valence-corrected chi connectivity index (χ1v) is 9.08. The summed E-state index contributed by atoms with van der Waals surface area (Å²) in [6.07, 6.45) is 7.06. The van der Waals surface area contributed by atoms with Crippen molar-refractivity contribution >= 4 is 29.7 Å². The number of nitrogens with zero attached hydrogens (tertiary/aromatic N) is 2. The van der Waals surface area contributed by atoms with Gasteiger partial charge in [0.2, 0.25) is 5.91 Å². The number of benzene rings is 1. The van der Waals surface area contributed by atoms with E-state index in [1.165, 1.54) is 36.9 Å². The van der Waals surface area contributed by atoms with Crippen LogP contribution in [-0.2, 0) is 11.2 Å². The summed E-state index contributed by atoms with van der Waals surface area (Å²) < 4.78 is 0. The average Bonchev–Trinajstić information content (AvgIpc) is 3.41. The zero-order chi connectivity index (χ0) is 16.0. The normalized spacial score (nSPS) is 20.8. The maximum Gasteiger partial charge on any atom is 0.242 e. The van der Waals surface area contributed by atoms with Gasteiger partial charge in [-0.2, -0.15) is 0 Å². The monoisotopic (exact) mass is 349 g/mol. The van der Waals surface area contributed by atoms with Crippen LogP contribution in [0.15, 0.2) is 18.2 Å². The van der Waals surface area contributed by atoms with Crippen molar-refractivity contribution < 1.29 is 4.79 Å². The predicted octanol–water partition coefficient (Wildman–Crippen LogP) is 3.23. The van der Waals surface area contributed by atoms with E-state index in [4.69, 9.17) is 5.73 Å². The second kappa shape index (κ2) is 6.83. The Labute approximate surface area is 150 Å². The van der Waals surface area contributed by atoms with Gasteiger partial charge in [0.15, 0.2) is 0 Å². The number of amides is 1. The Bertz CT molecular complexity index is 613.